The predicted molar refractivity (Wildman–Crippen MR) is 104 cm³/mol. The minimum absolute atomic E-state index is 0.000938. The summed E-state index contributed by atoms with van der Waals surface area (Å²) in [7, 11) is 0. The van der Waals surface area contributed by atoms with Crippen LogP contribution in [0, 0.1) is 5.41 Å². The van der Waals surface area contributed by atoms with Gasteiger partial charge in [-0.05, 0) is 41.5 Å². The molecule has 0 aliphatic heterocycles. The van der Waals surface area contributed by atoms with Gasteiger partial charge >= 0.3 is 0 Å². The maximum Gasteiger partial charge on any atom is 0.274 e. The molecule has 0 radical (unpaired) electrons. The first kappa shape index (κ1) is 18.2. The van der Waals surface area contributed by atoms with Gasteiger partial charge in [0, 0.05) is 12.8 Å². The fourth-order valence-electron chi connectivity index (χ4n) is 3.49. The first-order valence-electron chi connectivity index (χ1n) is 8.84. The van der Waals surface area contributed by atoms with Crippen LogP contribution in [0.25, 0.3) is 11.0 Å². The van der Waals surface area contributed by atoms with Gasteiger partial charge in [-0.3, -0.25) is 4.79 Å². The molecule has 0 fully saturated rings. The summed E-state index contributed by atoms with van der Waals surface area (Å²) in [5.74, 6) is 0.888. The minimum atomic E-state index is -0.221. The van der Waals surface area contributed by atoms with Crippen LogP contribution in [0.1, 0.15) is 44.5 Å². The zero-order valence-electron chi connectivity index (χ0n) is 15.5. The summed E-state index contributed by atoms with van der Waals surface area (Å²) in [6.07, 6.45) is 2.38. The van der Waals surface area contributed by atoms with E-state index in [0.29, 0.717) is 18.8 Å². The molecule has 4 N–H and O–H groups in total. The molecule has 1 atom stereocenters. The number of aromatic amines is 1. The van der Waals surface area contributed by atoms with Crippen molar-refractivity contribution < 1.29 is 5.11 Å². The number of aromatic nitrogens is 3. The van der Waals surface area contributed by atoms with E-state index < -0.39 is 0 Å². The van der Waals surface area contributed by atoms with Gasteiger partial charge in [0.25, 0.3) is 5.56 Å². The molecular formula is C20H26N4O2. The maximum atomic E-state index is 12.1. The normalized spacial score (nSPS) is 13.2. The Bertz CT molecular complexity index is 966. The van der Waals surface area contributed by atoms with Gasteiger partial charge in [-0.15, -0.1) is 0 Å². The molecule has 6 heteroatoms. The third-order valence-electron chi connectivity index (χ3n) is 4.80. The maximum absolute atomic E-state index is 12.1. The van der Waals surface area contributed by atoms with E-state index in [2.05, 4.69) is 31.8 Å². The van der Waals surface area contributed by atoms with Crippen LogP contribution in [0.5, 0.6) is 0 Å². The molecule has 0 saturated carbocycles. The van der Waals surface area contributed by atoms with Crippen LogP contribution in [0.4, 0.5) is 5.69 Å². The van der Waals surface area contributed by atoms with Crippen molar-refractivity contribution in [2.24, 2.45) is 5.41 Å². The highest BCUT2D eigenvalue weighted by Gasteiger charge is 2.28. The number of hydrogen-bond donors (Lipinski definition) is 3. The molecule has 0 saturated heterocycles. The van der Waals surface area contributed by atoms with Crippen molar-refractivity contribution in [2.45, 2.75) is 39.7 Å². The molecule has 1 unspecified atom stereocenters. The van der Waals surface area contributed by atoms with E-state index in [1.54, 1.807) is 22.9 Å². The molecule has 0 aliphatic carbocycles. The second kappa shape index (κ2) is 6.96. The Hall–Kier alpha value is -2.60. The third kappa shape index (κ3) is 3.51. The fraction of sp³-hybridized carbons (Fsp3) is 0.400. The number of aliphatic hydroxyl groups excluding tert-OH is 1. The molecule has 2 aromatic heterocycles. The first-order valence-corrected chi connectivity index (χ1v) is 8.84. The van der Waals surface area contributed by atoms with Crippen molar-refractivity contribution in [3.05, 3.63) is 58.3 Å². The lowest BCUT2D eigenvalue weighted by molar-refractivity contribution is 0.224. The van der Waals surface area contributed by atoms with Crippen molar-refractivity contribution in [3.8, 4) is 0 Å². The highest BCUT2D eigenvalue weighted by molar-refractivity contribution is 5.79. The van der Waals surface area contributed by atoms with Gasteiger partial charge in [0.1, 0.15) is 5.82 Å². The second-order valence-corrected chi connectivity index (χ2v) is 7.75. The quantitative estimate of drug-likeness (QED) is 0.656. The van der Waals surface area contributed by atoms with Crippen LogP contribution in [-0.4, -0.2) is 26.2 Å². The van der Waals surface area contributed by atoms with Gasteiger partial charge in [0.15, 0.2) is 0 Å². The Morgan fingerprint density at radius 2 is 2.04 bits per heavy atom. The van der Waals surface area contributed by atoms with Crippen molar-refractivity contribution in [1.82, 2.24) is 14.5 Å². The van der Waals surface area contributed by atoms with E-state index in [9.17, 15) is 9.90 Å². The molecule has 2 heterocycles. The summed E-state index contributed by atoms with van der Waals surface area (Å²) in [6.45, 7) is 6.98. The Labute approximate surface area is 152 Å². The lowest BCUT2D eigenvalue weighted by atomic mass is 9.74. The van der Waals surface area contributed by atoms with E-state index >= 15 is 0 Å². The number of pyridine rings is 1. The summed E-state index contributed by atoms with van der Waals surface area (Å²) >= 11 is 0. The zero-order valence-corrected chi connectivity index (χ0v) is 15.5. The van der Waals surface area contributed by atoms with E-state index in [4.69, 9.17) is 10.7 Å². The Morgan fingerprint density at radius 3 is 2.73 bits per heavy atom. The first-order chi connectivity index (χ1) is 12.3. The molecule has 0 bridgehead atoms. The molecule has 0 aliphatic rings. The number of H-pyrrole nitrogens is 1. The number of imidazole rings is 1. The summed E-state index contributed by atoms with van der Waals surface area (Å²) in [5.41, 5.74) is 8.65. The summed E-state index contributed by atoms with van der Waals surface area (Å²) in [6, 6.07) is 9.41. The number of nitrogens with two attached hydrogens (primary N) is 1. The summed E-state index contributed by atoms with van der Waals surface area (Å²) in [4.78, 5) is 20.2. The average molecular weight is 354 g/mol. The highest BCUT2D eigenvalue weighted by atomic mass is 16.3. The van der Waals surface area contributed by atoms with Crippen LogP contribution >= 0.6 is 0 Å². The molecule has 3 rings (SSSR count). The smallest absolute Gasteiger partial charge is 0.274 e. The molecule has 0 amide bonds. The van der Waals surface area contributed by atoms with E-state index in [-0.39, 0.29) is 29.2 Å². The van der Waals surface area contributed by atoms with E-state index in [1.165, 1.54) is 0 Å². The number of anilines is 1. The Balaban J connectivity index is 2.04. The third-order valence-corrected chi connectivity index (χ3v) is 4.80. The number of nitrogens with one attached hydrogen (secondary N) is 1. The number of benzene rings is 1. The second-order valence-electron chi connectivity index (χ2n) is 7.75. The van der Waals surface area contributed by atoms with Crippen LogP contribution in [0.2, 0.25) is 0 Å². The van der Waals surface area contributed by atoms with Crippen molar-refractivity contribution in [2.75, 3.05) is 12.3 Å². The van der Waals surface area contributed by atoms with Crippen molar-refractivity contribution in [1.29, 1.82) is 0 Å². The van der Waals surface area contributed by atoms with E-state index in [0.717, 1.165) is 16.6 Å². The standard InChI is InChI=1S/C20H26N4O2/c1-20(2,3)14(9-11-25)13-6-4-8-16-18(13)23-17(22-16)12-24-10-5-7-15(21)19(24)26/h4-8,10,14,25H,9,11-12,21H2,1-3H3,(H,22,23). The molecule has 26 heavy (non-hydrogen) atoms. The monoisotopic (exact) mass is 354 g/mol. The van der Waals surface area contributed by atoms with Gasteiger partial charge in [-0.1, -0.05) is 32.9 Å². The number of rotatable bonds is 5. The van der Waals surface area contributed by atoms with Crippen molar-refractivity contribution in [3.63, 3.8) is 0 Å². The number of hydrogen-bond acceptors (Lipinski definition) is 4. The fourth-order valence-corrected chi connectivity index (χ4v) is 3.49. The van der Waals surface area contributed by atoms with Gasteiger partial charge in [0.05, 0.1) is 23.3 Å². The van der Waals surface area contributed by atoms with Gasteiger partial charge < -0.3 is 20.4 Å². The Morgan fingerprint density at radius 1 is 1.27 bits per heavy atom. The zero-order chi connectivity index (χ0) is 18.9. The van der Waals surface area contributed by atoms with Crippen LogP contribution in [0.3, 0.4) is 0 Å². The average Bonchev–Trinajstić information content (AvgIpc) is 2.98. The topological polar surface area (TPSA) is 96.9 Å². The van der Waals surface area contributed by atoms with Crippen LogP contribution < -0.4 is 11.3 Å². The molecule has 3 aromatic rings. The molecular weight excluding hydrogens is 328 g/mol. The highest BCUT2D eigenvalue weighted by Crippen LogP contribution is 2.40. The Kier molecular flexibility index (Phi) is 4.87. The number of fused-ring (bicyclic) bond motifs is 1. The number of nitrogens with zero attached hydrogens (tertiary/aromatic N) is 2. The molecule has 6 nitrogen and oxygen atoms in total. The largest absolute Gasteiger partial charge is 0.396 e. The minimum Gasteiger partial charge on any atom is -0.396 e. The number of aliphatic hydroxyl groups is 1. The van der Waals surface area contributed by atoms with E-state index in [1.807, 2.05) is 12.1 Å². The lowest BCUT2D eigenvalue weighted by Crippen LogP contribution is -2.22. The predicted octanol–water partition coefficient (Wildman–Crippen LogP) is 2.87. The van der Waals surface area contributed by atoms with Gasteiger partial charge in [-0.2, -0.15) is 0 Å². The van der Waals surface area contributed by atoms with Crippen LogP contribution in [0.15, 0.2) is 41.3 Å². The SMILES string of the molecule is CC(C)(C)C(CCO)c1cccc2[nH]c(Cn3cccc(N)c3=O)nc12. The molecule has 0 spiro atoms. The van der Waals surface area contributed by atoms with Crippen molar-refractivity contribution >= 4 is 16.7 Å². The number of nitrogen functional groups attached to an aromatic ring is 1. The van der Waals surface area contributed by atoms with Crippen LogP contribution in [-0.2, 0) is 6.54 Å². The number of para-hydroxylation sites is 1. The van der Waals surface area contributed by atoms with Gasteiger partial charge in [0.2, 0.25) is 0 Å². The van der Waals surface area contributed by atoms with Gasteiger partial charge in [-0.25, -0.2) is 4.98 Å². The molecule has 1 aromatic carbocycles. The summed E-state index contributed by atoms with van der Waals surface area (Å²) < 4.78 is 1.54. The molecule has 138 valence electrons. The summed E-state index contributed by atoms with van der Waals surface area (Å²) in [5, 5.41) is 9.51. The lowest BCUT2D eigenvalue weighted by Gasteiger charge is -2.31.